The summed E-state index contributed by atoms with van der Waals surface area (Å²) in [6, 6.07) is 11.3. The highest BCUT2D eigenvalue weighted by atomic mass is 15.0. The number of fused-ring (bicyclic) bond motifs is 1. The van der Waals surface area contributed by atoms with Gasteiger partial charge >= 0.3 is 0 Å². The normalized spacial score (nSPS) is 15.6. The Bertz CT molecular complexity index is 605. The van der Waals surface area contributed by atoms with Gasteiger partial charge in [-0.15, -0.1) is 0 Å². The molecule has 3 atom stereocenters. The standard InChI is InChI=1S/C21H34BN/c1-7-16(4)21-14-19-12-10-11-13-20(19)23(21)15-22(17(5)8-2)18(6)9-3/h10-14,16-18H,7-9,15H2,1-6H3. The first-order chi connectivity index (χ1) is 11.0. The maximum atomic E-state index is 2.63. The number of para-hydroxylation sites is 1. The zero-order chi connectivity index (χ0) is 17.0. The van der Waals surface area contributed by atoms with Crippen molar-refractivity contribution in [2.24, 2.45) is 0 Å². The Hall–Kier alpha value is -1.18. The minimum atomic E-state index is 0.622. The van der Waals surface area contributed by atoms with Gasteiger partial charge in [-0.1, -0.05) is 84.2 Å². The quantitative estimate of drug-likeness (QED) is 0.473. The third-order valence-corrected chi connectivity index (χ3v) is 6.10. The zero-order valence-electron chi connectivity index (χ0n) is 16.0. The average Bonchev–Trinajstić information content (AvgIpc) is 2.96. The first-order valence-corrected chi connectivity index (χ1v) is 9.61. The minimum absolute atomic E-state index is 0.622. The van der Waals surface area contributed by atoms with Crippen molar-refractivity contribution in [3.8, 4) is 0 Å². The van der Waals surface area contributed by atoms with Crippen molar-refractivity contribution in [3.05, 3.63) is 36.0 Å². The number of benzene rings is 1. The Kier molecular flexibility index (Phi) is 6.38. The molecule has 1 nitrogen and oxygen atoms in total. The fraction of sp³-hybridized carbons (Fsp3) is 0.619. The largest absolute Gasteiger partial charge is 0.352 e. The lowest BCUT2D eigenvalue weighted by atomic mass is 9.33. The topological polar surface area (TPSA) is 4.93 Å². The SMILES string of the molecule is CCC(C)B(Cn1c(C(C)CC)cc2ccccc21)C(C)CC. The molecule has 1 aromatic carbocycles. The van der Waals surface area contributed by atoms with Gasteiger partial charge in [-0.05, 0) is 36.3 Å². The van der Waals surface area contributed by atoms with Gasteiger partial charge in [0.05, 0.1) is 0 Å². The van der Waals surface area contributed by atoms with E-state index in [-0.39, 0.29) is 0 Å². The second-order valence-electron chi connectivity index (χ2n) is 7.48. The van der Waals surface area contributed by atoms with Crippen molar-refractivity contribution < 1.29 is 0 Å². The Morgan fingerprint density at radius 2 is 1.52 bits per heavy atom. The van der Waals surface area contributed by atoms with E-state index in [0.29, 0.717) is 5.92 Å². The molecule has 0 N–H and O–H groups in total. The highest BCUT2D eigenvalue weighted by Crippen LogP contribution is 2.32. The van der Waals surface area contributed by atoms with E-state index in [1.54, 1.807) is 0 Å². The molecule has 23 heavy (non-hydrogen) atoms. The lowest BCUT2D eigenvalue weighted by Crippen LogP contribution is -2.30. The van der Waals surface area contributed by atoms with E-state index in [2.05, 4.69) is 76.4 Å². The maximum Gasteiger partial charge on any atom is 0.169 e. The van der Waals surface area contributed by atoms with Gasteiger partial charge in [0.2, 0.25) is 0 Å². The van der Waals surface area contributed by atoms with Gasteiger partial charge < -0.3 is 4.57 Å². The van der Waals surface area contributed by atoms with E-state index < -0.39 is 0 Å². The molecule has 2 rings (SSSR count). The summed E-state index contributed by atoms with van der Waals surface area (Å²) < 4.78 is 2.63. The van der Waals surface area contributed by atoms with Gasteiger partial charge in [0, 0.05) is 11.2 Å². The predicted molar refractivity (Wildman–Crippen MR) is 106 cm³/mol. The third-order valence-electron chi connectivity index (χ3n) is 6.10. The van der Waals surface area contributed by atoms with Crippen LogP contribution in [0.4, 0.5) is 0 Å². The molecule has 0 fully saturated rings. The molecule has 1 heterocycles. The Morgan fingerprint density at radius 1 is 0.913 bits per heavy atom. The molecular formula is C21H34BN. The van der Waals surface area contributed by atoms with E-state index >= 15 is 0 Å². The molecule has 0 bridgehead atoms. The van der Waals surface area contributed by atoms with Gasteiger partial charge in [0.15, 0.2) is 6.71 Å². The first-order valence-electron chi connectivity index (χ1n) is 9.61. The molecule has 0 aliphatic rings. The molecule has 0 saturated heterocycles. The van der Waals surface area contributed by atoms with Crippen LogP contribution >= 0.6 is 0 Å². The second-order valence-corrected chi connectivity index (χ2v) is 7.48. The maximum absolute atomic E-state index is 2.63. The molecule has 0 aliphatic carbocycles. The van der Waals surface area contributed by atoms with Gasteiger partial charge in [-0.25, -0.2) is 0 Å². The molecule has 0 spiro atoms. The van der Waals surface area contributed by atoms with Gasteiger partial charge in [0.25, 0.3) is 0 Å². The van der Waals surface area contributed by atoms with E-state index in [0.717, 1.165) is 24.8 Å². The summed E-state index contributed by atoms with van der Waals surface area (Å²) in [7, 11) is 0. The highest BCUT2D eigenvalue weighted by molar-refractivity contribution is 6.60. The van der Waals surface area contributed by atoms with Crippen LogP contribution in [-0.4, -0.2) is 11.3 Å². The molecule has 2 aromatic rings. The number of nitrogens with zero attached hydrogens (tertiary/aromatic N) is 1. The van der Waals surface area contributed by atoms with Crippen molar-refractivity contribution in [2.45, 2.75) is 84.8 Å². The fourth-order valence-electron chi connectivity index (χ4n) is 3.79. The Labute approximate surface area is 143 Å². The molecule has 2 heteroatoms. The molecule has 1 aromatic heterocycles. The van der Waals surface area contributed by atoms with E-state index in [4.69, 9.17) is 0 Å². The summed E-state index contributed by atoms with van der Waals surface area (Å²) in [5, 5.41) is 1.40. The van der Waals surface area contributed by atoms with Gasteiger partial charge in [0.1, 0.15) is 0 Å². The van der Waals surface area contributed by atoms with Crippen molar-refractivity contribution in [3.63, 3.8) is 0 Å². The van der Waals surface area contributed by atoms with Crippen LogP contribution in [0, 0.1) is 0 Å². The van der Waals surface area contributed by atoms with Crippen molar-refractivity contribution in [1.29, 1.82) is 0 Å². The van der Waals surface area contributed by atoms with Crippen LogP contribution in [0.1, 0.15) is 72.4 Å². The van der Waals surface area contributed by atoms with Crippen LogP contribution in [0.15, 0.2) is 30.3 Å². The molecular weight excluding hydrogens is 277 g/mol. The highest BCUT2D eigenvalue weighted by Gasteiger charge is 2.28. The Balaban J connectivity index is 2.47. The zero-order valence-corrected chi connectivity index (χ0v) is 16.0. The molecule has 126 valence electrons. The summed E-state index contributed by atoms with van der Waals surface area (Å²) in [5.41, 5.74) is 2.93. The fourth-order valence-corrected chi connectivity index (χ4v) is 3.79. The van der Waals surface area contributed by atoms with Gasteiger partial charge in [-0.2, -0.15) is 0 Å². The third kappa shape index (κ3) is 3.84. The summed E-state index contributed by atoms with van der Waals surface area (Å²) >= 11 is 0. The number of hydrogen-bond donors (Lipinski definition) is 0. The van der Waals surface area contributed by atoms with E-state index in [1.807, 2.05) is 0 Å². The summed E-state index contributed by atoms with van der Waals surface area (Å²) in [6.45, 7) is 15.0. The van der Waals surface area contributed by atoms with Gasteiger partial charge in [-0.3, -0.25) is 0 Å². The lowest BCUT2D eigenvalue weighted by Gasteiger charge is -2.28. The van der Waals surface area contributed by atoms with Crippen LogP contribution in [0.3, 0.4) is 0 Å². The smallest absolute Gasteiger partial charge is 0.169 e. The monoisotopic (exact) mass is 311 g/mol. The van der Waals surface area contributed by atoms with Crippen molar-refractivity contribution in [1.82, 2.24) is 4.57 Å². The lowest BCUT2D eigenvalue weighted by molar-refractivity contribution is 0.652. The average molecular weight is 311 g/mol. The van der Waals surface area contributed by atoms with E-state index in [1.165, 1.54) is 35.9 Å². The molecule has 0 amide bonds. The number of hydrogen-bond acceptors (Lipinski definition) is 0. The summed E-state index contributed by atoms with van der Waals surface area (Å²) in [5.74, 6) is 2.17. The number of rotatable bonds is 8. The second kappa shape index (κ2) is 8.08. The molecule has 0 aliphatic heterocycles. The van der Waals surface area contributed by atoms with Crippen LogP contribution in [-0.2, 0) is 6.44 Å². The molecule has 0 radical (unpaired) electrons. The number of aromatic nitrogens is 1. The van der Waals surface area contributed by atoms with E-state index in [9.17, 15) is 0 Å². The van der Waals surface area contributed by atoms with Crippen molar-refractivity contribution in [2.75, 3.05) is 0 Å². The minimum Gasteiger partial charge on any atom is -0.352 e. The van der Waals surface area contributed by atoms with Crippen LogP contribution in [0.5, 0.6) is 0 Å². The molecule has 3 unspecified atom stereocenters. The first kappa shape index (κ1) is 18.2. The van der Waals surface area contributed by atoms with Crippen molar-refractivity contribution >= 4 is 17.6 Å². The Morgan fingerprint density at radius 3 is 2.09 bits per heavy atom. The summed E-state index contributed by atoms with van der Waals surface area (Å²) in [4.78, 5) is 0. The van der Waals surface area contributed by atoms with Crippen LogP contribution < -0.4 is 0 Å². The van der Waals surface area contributed by atoms with Crippen LogP contribution in [0.2, 0.25) is 11.6 Å². The summed E-state index contributed by atoms with van der Waals surface area (Å²) in [6.07, 6.45) is 4.91. The predicted octanol–water partition coefficient (Wildman–Crippen LogP) is 6.79. The van der Waals surface area contributed by atoms with Crippen LogP contribution in [0.25, 0.3) is 10.9 Å². The molecule has 0 saturated carbocycles.